The summed E-state index contributed by atoms with van der Waals surface area (Å²) >= 11 is 0. The Balaban J connectivity index is 2.01. The summed E-state index contributed by atoms with van der Waals surface area (Å²) in [6, 6.07) is 4.23. The number of aryl methyl sites for hydroxylation is 2. The van der Waals surface area contributed by atoms with Crippen LogP contribution >= 0.6 is 0 Å². The van der Waals surface area contributed by atoms with Gasteiger partial charge in [0.25, 0.3) is 5.95 Å². The maximum atomic E-state index is 5.35. The van der Waals surface area contributed by atoms with Crippen molar-refractivity contribution in [2.45, 2.75) is 32.7 Å². The van der Waals surface area contributed by atoms with E-state index in [4.69, 9.17) is 14.6 Å². The van der Waals surface area contributed by atoms with Crippen molar-refractivity contribution in [2.75, 3.05) is 37.8 Å². The highest BCUT2D eigenvalue weighted by Gasteiger charge is 2.26. The van der Waals surface area contributed by atoms with Crippen molar-refractivity contribution in [3.8, 4) is 5.95 Å². The van der Waals surface area contributed by atoms with Gasteiger partial charge in [-0.3, -0.25) is 4.84 Å². The van der Waals surface area contributed by atoms with Crippen LogP contribution < -0.4 is 10.4 Å². The minimum Gasteiger partial charge on any atom is -0.383 e. The molecule has 0 bridgehead atoms. The highest BCUT2D eigenvalue weighted by atomic mass is 16.6. The molecular weight excluding hydrogens is 308 g/mol. The third-order valence-corrected chi connectivity index (χ3v) is 4.14. The summed E-state index contributed by atoms with van der Waals surface area (Å²) in [4.78, 5) is 16.5. The Morgan fingerprint density at radius 2 is 2.08 bits per heavy atom. The topological polar surface area (TPSA) is 77.3 Å². The second-order valence-corrected chi connectivity index (χ2v) is 6.00. The van der Waals surface area contributed by atoms with E-state index in [2.05, 4.69) is 20.5 Å². The molecule has 1 N–H and O–H groups in total. The molecule has 24 heavy (non-hydrogen) atoms. The molecule has 0 aliphatic carbocycles. The highest BCUT2D eigenvalue weighted by molar-refractivity contribution is 5.52. The molecule has 1 fully saturated rings. The monoisotopic (exact) mass is 332 g/mol. The predicted molar refractivity (Wildman–Crippen MR) is 91.5 cm³/mol. The van der Waals surface area contributed by atoms with Crippen LogP contribution in [0.1, 0.15) is 24.2 Å². The average Bonchev–Trinajstić information content (AvgIpc) is 3.14. The Labute approximate surface area is 141 Å². The lowest BCUT2D eigenvalue weighted by Gasteiger charge is -2.25. The summed E-state index contributed by atoms with van der Waals surface area (Å²) in [6.07, 6.45) is 2.22. The predicted octanol–water partition coefficient (Wildman–Crippen LogP) is 1.87. The molecule has 0 saturated carbocycles. The molecular formula is C16H24N6O2. The van der Waals surface area contributed by atoms with Gasteiger partial charge in [0.1, 0.15) is 5.82 Å². The van der Waals surface area contributed by atoms with Crippen LogP contribution in [0.15, 0.2) is 12.1 Å². The molecule has 3 rings (SSSR count). The number of ether oxygens (including phenoxy) is 1. The zero-order chi connectivity index (χ0) is 17.1. The van der Waals surface area contributed by atoms with Crippen molar-refractivity contribution in [2.24, 2.45) is 0 Å². The Hall–Kier alpha value is -2.19. The SMILES string of the molecule is COC[C@H]1CCCN1c1cc(NOC)nc(-n2nc(C)cc2C)n1. The number of nitrogens with zero attached hydrogens (tertiary/aromatic N) is 5. The van der Waals surface area contributed by atoms with E-state index in [1.54, 1.807) is 18.9 Å². The summed E-state index contributed by atoms with van der Waals surface area (Å²) in [6.45, 7) is 5.58. The minimum absolute atomic E-state index is 0.327. The van der Waals surface area contributed by atoms with Gasteiger partial charge in [-0.15, -0.1) is 0 Å². The fourth-order valence-corrected chi connectivity index (χ4v) is 3.16. The molecule has 0 amide bonds. The number of anilines is 2. The molecule has 8 nitrogen and oxygen atoms in total. The minimum atomic E-state index is 0.327. The first-order valence-electron chi connectivity index (χ1n) is 8.09. The lowest BCUT2D eigenvalue weighted by Crippen LogP contribution is -2.33. The number of nitrogens with one attached hydrogen (secondary N) is 1. The van der Waals surface area contributed by atoms with E-state index in [0.717, 1.165) is 36.6 Å². The summed E-state index contributed by atoms with van der Waals surface area (Å²) in [5.41, 5.74) is 4.72. The van der Waals surface area contributed by atoms with E-state index in [1.165, 1.54) is 0 Å². The molecule has 130 valence electrons. The van der Waals surface area contributed by atoms with Crippen molar-refractivity contribution >= 4 is 11.6 Å². The summed E-state index contributed by atoms with van der Waals surface area (Å²) in [7, 11) is 3.30. The number of hydrogen-bond acceptors (Lipinski definition) is 7. The van der Waals surface area contributed by atoms with Gasteiger partial charge in [-0.2, -0.15) is 15.1 Å². The normalized spacial score (nSPS) is 17.5. The van der Waals surface area contributed by atoms with Crippen LogP contribution in [0.4, 0.5) is 11.6 Å². The smallest absolute Gasteiger partial charge is 0.254 e. The first kappa shape index (κ1) is 16.7. The van der Waals surface area contributed by atoms with E-state index >= 15 is 0 Å². The summed E-state index contributed by atoms with van der Waals surface area (Å²) < 4.78 is 7.10. The Bertz CT molecular complexity index is 702. The second-order valence-electron chi connectivity index (χ2n) is 6.00. The Morgan fingerprint density at radius 1 is 1.25 bits per heavy atom. The van der Waals surface area contributed by atoms with Crippen LogP contribution in [0.25, 0.3) is 5.95 Å². The molecule has 1 aliphatic rings. The van der Waals surface area contributed by atoms with Gasteiger partial charge < -0.3 is 9.64 Å². The molecule has 0 radical (unpaired) electrons. The Morgan fingerprint density at radius 3 is 2.75 bits per heavy atom. The standard InChI is InChI=1S/C16H24N6O2/c1-11-8-12(2)22(19-11)16-17-14(20-24-4)9-15(18-16)21-7-5-6-13(21)10-23-3/h8-9,13H,5-7,10H2,1-4H3,(H,17,18,20)/t13-/m1/s1. The van der Waals surface area contributed by atoms with Gasteiger partial charge in [-0.05, 0) is 32.8 Å². The zero-order valence-electron chi connectivity index (χ0n) is 14.6. The first-order chi connectivity index (χ1) is 11.6. The largest absolute Gasteiger partial charge is 0.383 e. The fraction of sp³-hybridized carbons (Fsp3) is 0.562. The third kappa shape index (κ3) is 3.34. The molecule has 3 heterocycles. The third-order valence-electron chi connectivity index (χ3n) is 4.14. The molecule has 1 saturated heterocycles. The first-order valence-corrected chi connectivity index (χ1v) is 8.09. The molecule has 0 aromatic carbocycles. The summed E-state index contributed by atoms with van der Waals surface area (Å²) in [5, 5.41) is 4.48. The fourth-order valence-electron chi connectivity index (χ4n) is 3.16. The number of aromatic nitrogens is 4. The van der Waals surface area contributed by atoms with Gasteiger partial charge in [0.2, 0.25) is 0 Å². The average molecular weight is 332 g/mol. The Kier molecular flexibility index (Phi) is 4.96. The molecule has 0 spiro atoms. The van der Waals surface area contributed by atoms with E-state index in [9.17, 15) is 0 Å². The molecule has 8 heteroatoms. The van der Waals surface area contributed by atoms with Gasteiger partial charge in [-0.1, -0.05) is 0 Å². The van der Waals surface area contributed by atoms with E-state index in [0.29, 0.717) is 24.4 Å². The van der Waals surface area contributed by atoms with E-state index in [1.807, 2.05) is 26.0 Å². The van der Waals surface area contributed by atoms with Crippen LogP contribution in [0.3, 0.4) is 0 Å². The van der Waals surface area contributed by atoms with Gasteiger partial charge in [-0.25, -0.2) is 10.2 Å². The van der Waals surface area contributed by atoms with Crippen LogP contribution in [0.5, 0.6) is 0 Å². The van der Waals surface area contributed by atoms with Crippen molar-refractivity contribution in [1.29, 1.82) is 0 Å². The maximum absolute atomic E-state index is 5.35. The van der Waals surface area contributed by atoms with Crippen molar-refractivity contribution in [3.05, 3.63) is 23.5 Å². The molecule has 0 unspecified atom stereocenters. The lowest BCUT2D eigenvalue weighted by molar-refractivity contribution is 0.180. The van der Waals surface area contributed by atoms with Gasteiger partial charge in [0.15, 0.2) is 5.82 Å². The summed E-state index contributed by atoms with van der Waals surface area (Å²) in [5.74, 6) is 1.99. The van der Waals surface area contributed by atoms with Crippen molar-refractivity contribution in [3.63, 3.8) is 0 Å². The number of rotatable bonds is 6. The van der Waals surface area contributed by atoms with Gasteiger partial charge in [0, 0.05) is 25.4 Å². The number of methoxy groups -OCH3 is 1. The van der Waals surface area contributed by atoms with E-state index < -0.39 is 0 Å². The van der Waals surface area contributed by atoms with Crippen molar-refractivity contribution < 1.29 is 9.57 Å². The van der Waals surface area contributed by atoms with Crippen LogP contribution in [0, 0.1) is 13.8 Å². The molecule has 2 aromatic rings. The molecule has 1 atom stereocenters. The molecule has 2 aromatic heterocycles. The van der Waals surface area contributed by atoms with E-state index in [-0.39, 0.29) is 0 Å². The van der Waals surface area contributed by atoms with Crippen LogP contribution in [-0.4, -0.2) is 53.2 Å². The molecule has 1 aliphatic heterocycles. The maximum Gasteiger partial charge on any atom is 0.254 e. The van der Waals surface area contributed by atoms with Crippen LogP contribution in [0.2, 0.25) is 0 Å². The number of hydrogen-bond donors (Lipinski definition) is 1. The van der Waals surface area contributed by atoms with Gasteiger partial charge >= 0.3 is 0 Å². The highest BCUT2D eigenvalue weighted by Crippen LogP contribution is 2.26. The quantitative estimate of drug-likeness (QED) is 0.809. The zero-order valence-corrected chi connectivity index (χ0v) is 14.6. The van der Waals surface area contributed by atoms with Gasteiger partial charge in [0.05, 0.1) is 25.5 Å². The lowest BCUT2D eigenvalue weighted by atomic mass is 10.2. The van der Waals surface area contributed by atoms with Crippen molar-refractivity contribution in [1.82, 2.24) is 19.7 Å². The van der Waals surface area contributed by atoms with Crippen LogP contribution in [-0.2, 0) is 9.57 Å². The second kappa shape index (κ2) is 7.14.